The Labute approximate surface area is 158 Å². The van der Waals surface area contributed by atoms with Gasteiger partial charge in [-0.3, -0.25) is 9.59 Å². The lowest BCUT2D eigenvalue weighted by molar-refractivity contribution is 0.0710. The second-order valence-corrected chi connectivity index (χ2v) is 7.92. The molecule has 2 aromatic rings. The molecule has 2 heterocycles. The molecule has 3 rings (SSSR count). The summed E-state index contributed by atoms with van der Waals surface area (Å²) in [5, 5.41) is 8.69. The number of benzene rings is 1. The Balaban J connectivity index is 1.72. The molecule has 6 heteroatoms. The maximum Gasteiger partial charge on any atom is 0.256 e. The second kappa shape index (κ2) is 8.01. The Morgan fingerprint density at radius 1 is 1.23 bits per heavy atom. The Hall–Kier alpha value is -2.18. The van der Waals surface area contributed by atoms with Crippen LogP contribution in [0.5, 0.6) is 0 Å². The summed E-state index contributed by atoms with van der Waals surface area (Å²) in [4.78, 5) is 27.2. The zero-order valence-corrected chi connectivity index (χ0v) is 16.2. The summed E-state index contributed by atoms with van der Waals surface area (Å²) in [6.45, 7) is 8.46. The van der Waals surface area contributed by atoms with Gasteiger partial charge in [0.05, 0.1) is 5.56 Å². The highest BCUT2D eigenvalue weighted by Crippen LogP contribution is 2.26. The number of nitrogens with zero attached hydrogens (tertiary/aromatic N) is 1. The summed E-state index contributed by atoms with van der Waals surface area (Å²) in [5.74, 6) is 0.214. The van der Waals surface area contributed by atoms with Crippen molar-refractivity contribution in [1.29, 1.82) is 0 Å². The highest BCUT2D eigenvalue weighted by molar-refractivity contribution is 7.14. The van der Waals surface area contributed by atoms with Crippen molar-refractivity contribution in [3.63, 3.8) is 0 Å². The normalized spacial score (nSPS) is 17.4. The number of nitrogens with one attached hydrogen (secondary N) is 2. The Kier molecular flexibility index (Phi) is 5.74. The van der Waals surface area contributed by atoms with Crippen molar-refractivity contribution in [2.24, 2.45) is 0 Å². The Morgan fingerprint density at radius 2 is 1.96 bits per heavy atom. The first-order chi connectivity index (χ1) is 12.5. The molecule has 0 radical (unpaired) electrons. The van der Waals surface area contributed by atoms with E-state index in [0.29, 0.717) is 35.1 Å². The average molecular weight is 372 g/mol. The minimum atomic E-state index is -0.189. The van der Waals surface area contributed by atoms with Crippen molar-refractivity contribution >= 4 is 28.2 Å². The number of carbonyl (C=O) groups is 2. The topological polar surface area (TPSA) is 61.4 Å². The molecular weight excluding hydrogens is 346 g/mol. The van der Waals surface area contributed by atoms with Gasteiger partial charge in [-0.25, -0.2) is 0 Å². The van der Waals surface area contributed by atoms with Gasteiger partial charge in [0, 0.05) is 31.2 Å². The third-order valence-electron chi connectivity index (χ3n) is 4.62. The molecule has 1 aliphatic rings. The van der Waals surface area contributed by atoms with Gasteiger partial charge in [0.25, 0.3) is 11.8 Å². The molecule has 0 aliphatic carbocycles. The van der Waals surface area contributed by atoms with E-state index in [2.05, 4.69) is 31.4 Å². The first-order valence-electron chi connectivity index (χ1n) is 8.97. The van der Waals surface area contributed by atoms with E-state index in [1.807, 2.05) is 34.5 Å². The predicted octanol–water partition coefficient (Wildman–Crippen LogP) is 3.56. The average Bonchev–Trinajstić information content (AvgIpc) is 3.09. The van der Waals surface area contributed by atoms with Crippen LogP contribution in [-0.2, 0) is 0 Å². The molecule has 1 fully saturated rings. The first-order valence-corrected chi connectivity index (χ1v) is 9.85. The number of rotatable bonds is 4. The number of hydrogen-bond donors (Lipinski definition) is 2. The third kappa shape index (κ3) is 4.14. The maximum absolute atomic E-state index is 12.8. The third-order valence-corrected chi connectivity index (χ3v) is 5.45. The van der Waals surface area contributed by atoms with Crippen LogP contribution in [0.3, 0.4) is 0 Å². The van der Waals surface area contributed by atoms with Gasteiger partial charge in [-0.1, -0.05) is 26.0 Å². The van der Waals surface area contributed by atoms with Gasteiger partial charge in [-0.05, 0) is 42.0 Å². The zero-order chi connectivity index (χ0) is 18.7. The molecule has 1 aliphatic heterocycles. The van der Waals surface area contributed by atoms with E-state index in [0.717, 1.165) is 6.54 Å². The summed E-state index contributed by atoms with van der Waals surface area (Å²) in [5.41, 5.74) is 2.36. The number of amides is 2. The van der Waals surface area contributed by atoms with E-state index in [9.17, 15) is 9.59 Å². The van der Waals surface area contributed by atoms with E-state index >= 15 is 0 Å². The molecule has 26 heavy (non-hydrogen) atoms. The monoisotopic (exact) mass is 371 g/mol. The number of hydrogen-bond acceptors (Lipinski definition) is 4. The number of piperazine rings is 1. The fourth-order valence-electron chi connectivity index (χ4n) is 3.06. The van der Waals surface area contributed by atoms with Crippen LogP contribution >= 0.6 is 11.3 Å². The number of carbonyl (C=O) groups excluding carboxylic acids is 2. The molecule has 1 atom stereocenters. The lowest BCUT2D eigenvalue weighted by atomic mass is 10.0. The molecule has 2 N–H and O–H groups in total. The highest BCUT2D eigenvalue weighted by Gasteiger charge is 2.24. The van der Waals surface area contributed by atoms with Gasteiger partial charge >= 0.3 is 0 Å². The minimum absolute atomic E-state index is 0.0231. The molecular formula is C20H25N3O2S. The Bertz CT molecular complexity index is 783. The van der Waals surface area contributed by atoms with Gasteiger partial charge in [0.2, 0.25) is 0 Å². The minimum Gasteiger partial charge on any atom is -0.336 e. The molecule has 0 saturated carbocycles. The maximum atomic E-state index is 12.8. The molecule has 2 amide bonds. The smallest absolute Gasteiger partial charge is 0.256 e. The number of anilines is 1. The van der Waals surface area contributed by atoms with Crippen LogP contribution in [0.1, 0.15) is 53.0 Å². The molecule has 0 spiro atoms. The van der Waals surface area contributed by atoms with Gasteiger partial charge in [0.1, 0.15) is 5.00 Å². The molecule has 138 valence electrons. The fourth-order valence-corrected chi connectivity index (χ4v) is 3.83. The van der Waals surface area contributed by atoms with Crippen LogP contribution in [0, 0.1) is 0 Å². The molecule has 0 bridgehead atoms. The summed E-state index contributed by atoms with van der Waals surface area (Å²) < 4.78 is 0. The van der Waals surface area contributed by atoms with E-state index in [-0.39, 0.29) is 17.9 Å². The standard InChI is InChI=1S/C20H25N3O2S/c1-13(2)15-4-6-16(7-5-15)18(24)22-19-17(8-11-26-19)20(25)23-10-9-21-14(3)12-23/h4-8,11,13-14,21H,9-10,12H2,1-3H3,(H,22,24). The lowest BCUT2D eigenvalue weighted by Crippen LogP contribution is -2.51. The van der Waals surface area contributed by atoms with Crippen LogP contribution in [0.25, 0.3) is 0 Å². The molecule has 1 aromatic heterocycles. The second-order valence-electron chi connectivity index (χ2n) is 7.00. The molecule has 1 saturated heterocycles. The predicted molar refractivity (Wildman–Crippen MR) is 106 cm³/mol. The van der Waals surface area contributed by atoms with Crippen molar-refractivity contribution in [3.05, 3.63) is 52.4 Å². The Morgan fingerprint density at radius 3 is 2.62 bits per heavy atom. The van der Waals surface area contributed by atoms with Crippen LogP contribution in [-0.4, -0.2) is 42.4 Å². The largest absolute Gasteiger partial charge is 0.336 e. The summed E-state index contributed by atoms with van der Waals surface area (Å²) >= 11 is 1.38. The van der Waals surface area contributed by atoms with Crippen LogP contribution < -0.4 is 10.6 Å². The van der Waals surface area contributed by atoms with Crippen molar-refractivity contribution < 1.29 is 9.59 Å². The van der Waals surface area contributed by atoms with Crippen molar-refractivity contribution in [2.75, 3.05) is 25.0 Å². The SMILES string of the molecule is CC1CN(C(=O)c2ccsc2NC(=O)c2ccc(C(C)C)cc2)CCN1. The van der Waals surface area contributed by atoms with Crippen LogP contribution in [0.15, 0.2) is 35.7 Å². The fraction of sp³-hybridized carbons (Fsp3) is 0.400. The molecule has 5 nitrogen and oxygen atoms in total. The highest BCUT2D eigenvalue weighted by atomic mass is 32.1. The lowest BCUT2D eigenvalue weighted by Gasteiger charge is -2.32. The van der Waals surface area contributed by atoms with Gasteiger partial charge in [-0.15, -0.1) is 11.3 Å². The molecule has 1 aromatic carbocycles. The van der Waals surface area contributed by atoms with Gasteiger partial charge in [-0.2, -0.15) is 0 Å². The molecule has 1 unspecified atom stereocenters. The van der Waals surface area contributed by atoms with Gasteiger partial charge < -0.3 is 15.5 Å². The summed E-state index contributed by atoms with van der Waals surface area (Å²) in [7, 11) is 0. The summed E-state index contributed by atoms with van der Waals surface area (Å²) in [6.07, 6.45) is 0. The first kappa shape index (κ1) is 18.6. The van der Waals surface area contributed by atoms with E-state index in [4.69, 9.17) is 0 Å². The number of thiophene rings is 1. The quantitative estimate of drug-likeness (QED) is 0.864. The van der Waals surface area contributed by atoms with Crippen LogP contribution in [0.2, 0.25) is 0 Å². The summed E-state index contributed by atoms with van der Waals surface area (Å²) in [6, 6.07) is 9.68. The van der Waals surface area contributed by atoms with Crippen molar-refractivity contribution in [3.8, 4) is 0 Å². The van der Waals surface area contributed by atoms with E-state index < -0.39 is 0 Å². The van der Waals surface area contributed by atoms with E-state index in [1.54, 1.807) is 6.07 Å². The van der Waals surface area contributed by atoms with Crippen molar-refractivity contribution in [2.45, 2.75) is 32.7 Å². The zero-order valence-electron chi connectivity index (χ0n) is 15.4. The van der Waals surface area contributed by atoms with Crippen molar-refractivity contribution in [1.82, 2.24) is 10.2 Å². The van der Waals surface area contributed by atoms with E-state index in [1.165, 1.54) is 16.9 Å². The van der Waals surface area contributed by atoms with Gasteiger partial charge in [0.15, 0.2) is 0 Å². The van der Waals surface area contributed by atoms with Crippen LogP contribution in [0.4, 0.5) is 5.00 Å².